The van der Waals surface area contributed by atoms with E-state index < -0.39 is 25.0 Å². The van der Waals surface area contributed by atoms with Crippen molar-refractivity contribution in [2.24, 2.45) is 0 Å². The number of rotatable bonds is 4. The maximum absolute atomic E-state index is 12.2. The number of thiophene rings is 1. The van der Waals surface area contributed by atoms with E-state index in [1.54, 1.807) is 0 Å². The van der Waals surface area contributed by atoms with Gasteiger partial charge in [0, 0.05) is 18.3 Å². The Morgan fingerprint density at radius 1 is 1.23 bits per heavy atom. The molecule has 22 heavy (non-hydrogen) atoms. The molecule has 0 aromatic carbocycles. The second-order valence-electron chi connectivity index (χ2n) is 5.22. The van der Waals surface area contributed by atoms with Crippen molar-refractivity contribution in [3.05, 3.63) is 16.0 Å². The fourth-order valence-corrected chi connectivity index (χ4v) is 3.79. The molecule has 2 rings (SSSR count). The predicted molar refractivity (Wildman–Crippen MR) is 78.3 cm³/mol. The number of halogens is 3. The number of aryl methyl sites for hydroxylation is 1. The number of fused-ring (bicyclic) bond motifs is 1. The van der Waals surface area contributed by atoms with Crippen molar-refractivity contribution >= 4 is 28.2 Å². The Bertz CT molecular complexity index is 581. The standard InChI is InChI=1S/C14H17F3N2O2S/c1-8(20)19-13-11(9-4-2-3-5-10(9)22-13)12(21)18-7-6-14(15,16)17/h2-7H2,1H3,(H,18,21)(H,19,20). The molecule has 122 valence electrons. The lowest BCUT2D eigenvalue weighted by Gasteiger charge is -2.13. The lowest BCUT2D eigenvalue weighted by atomic mass is 9.95. The van der Waals surface area contributed by atoms with Crippen molar-refractivity contribution in [1.82, 2.24) is 5.32 Å². The van der Waals surface area contributed by atoms with Crippen molar-refractivity contribution < 1.29 is 22.8 Å². The number of carbonyl (C=O) groups excluding carboxylic acids is 2. The zero-order valence-electron chi connectivity index (χ0n) is 12.1. The van der Waals surface area contributed by atoms with Gasteiger partial charge in [0.15, 0.2) is 0 Å². The molecule has 1 aliphatic rings. The van der Waals surface area contributed by atoms with Gasteiger partial charge in [-0.2, -0.15) is 13.2 Å². The molecule has 1 heterocycles. The van der Waals surface area contributed by atoms with Crippen LogP contribution in [0.15, 0.2) is 0 Å². The molecule has 4 nitrogen and oxygen atoms in total. The molecule has 2 amide bonds. The summed E-state index contributed by atoms with van der Waals surface area (Å²) in [7, 11) is 0. The zero-order valence-corrected chi connectivity index (χ0v) is 12.9. The summed E-state index contributed by atoms with van der Waals surface area (Å²) in [5, 5.41) is 5.35. The van der Waals surface area contributed by atoms with Crippen molar-refractivity contribution in [1.29, 1.82) is 0 Å². The van der Waals surface area contributed by atoms with Gasteiger partial charge in [0.25, 0.3) is 5.91 Å². The van der Waals surface area contributed by atoms with Crippen LogP contribution in [0, 0.1) is 0 Å². The van der Waals surface area contributed by atoms with Gasteiger partial charge in [-0.1, -0.05) is 0 Å². The van der Waals surface area contributed by atoms with Gasteiger partial charge in [-0.15, -0.1) is 11.3 Å². The first-order valence-electron chi connectivity index (χ1n) is 7.05. The van der Waals surface area contributed by atoms with E-state index in [-0.39, 0.29) is 5.91 Å². The SMILES string of the molecule is CC(=O)Nc1sc2c(c1C(=O)NCCC(F)(F)F)CCCC2. The molecule has 1 aromatic rings. The molecular weight excluding hydrogens is 317 g/mol. The summed E-state index contributed by atoms with van der Waals surface area (Å²) in [6, 6.07) is 0. The van der Waals surface area contributed by atoms with E-state index in [1.165, 1.54) is 18.3 Å². The highest BCUT2D eigenvalue weighted by molar-refractivity contribution is 7.17. The third-order valence-electron chi connectivity index (χ3n) is 3.38. The molecule has 1 aliphatic carbocycles. The maximum atomic E-state index is 12.2. The average Bonchev–Trinajstić information content (AvgIpc) is 2.73. The van der Waals surface area contributed by atoms with Crippen LogP contribution in [0.1, 0.15) is 47.0 Å². The number of anilines is 1. The Hall–Kier alpha value is -1.57. The van der Waals surface area contributed by atoms with Crippen molar-refractivity contribution in [3.8, 4) is 0 Å². The molecule has 1 aromatic heterocycles. The van der Waals surface area contributed by atoms with Gasteiger partial charge in [-0.05, 0) is 31.2 Å². The summed E-state index contributed by atoms with van der Waals surface area (Å²) in [5.74, 6) is -0.852. The fraction of sp³-hybridized carbons (Fsp3) is 0.571. The normalized spacial score (nSPS) is 14.4. The summed E-state index contributed by atoms with van der Waals surface area (Å²) in [6.45, 7) is 0.872. The number of alkyl halides is 3. The van der Waals surface area contributed by atoms with E-state index in [0.717, 1.165) is 29.7 Å². The van der Waals surface area contributed by atoms with Crippen molar-refractivity contribution in [2.75, 3.05) is 11.9 Å². The predicted octanol–water partition coefficient (Wildman–Crippen LogP) is 3.27. The fourth-order valence-electron chi connectivity index (χ4n) is 2.46. The highest BCUT2D eigenvalue weighted by Gasteiger charge is 2.29. The van der Waals surface area contributed by atoms with Gasteiger partial charge in [0.1, 0.15) is 5.00 Å². The quantitative estimate of drug-likeness (QED) is 0.888. The highest BCUT2D eigenvalue weighted by Crippen LogP contribution is 2.38. The summed E-state index contributed by atoms with van der Waals surface area (Å²) in [6.07, 6.45) is -1.87. The average molecular weight is 334 g/mol. The minimum atomic E-state index is -4.30. The number of nitrogens with one attached hydrogen (secondary N) is 2. The molecule has 0 spiro atoms. The smallest absolute Gasteiger partial charge is 0.352 e. The summed E-state index contributed by atoms with van der Waals surface area (Å²) in [4.78, 5) is 24.5. The molecule has 8 heteroatoms. The summed E-state index contributed by atoms with van der Waals surface area (Å²) < 4.78 is 36.5. The van der Waals surface area contributed by atoms with Crippen LogP contribution in [-0.2, 0) is 17.6 Å². The third-order valence-corrected chi connectivity index (χ3v) is 4.59. The summed E-state index contributed by atoms with van der Waals surface area (Å²) >= 11 is 1.34. The first kappa shape index (κ1) is 16.8. The second kappa shape index (κ2) is 6.68. The van der Waals surface area contributed by atoms with Crippen LogP contribution < -0.4 is 10.6 Å². The largest absolute Gasteiger partial charge is 0.390 e. The Morgan fingerprint density at radius 3 is 2.55 bits per heavy atom. The Morgan fingerprint density at radius 2 is 1.91 bits per heavy atom. The molecule has 0 atom stereocenters. The van der Waals surface area contributed by atoms with Crippen LogP contribution in [0.3, 0.4) is 0 Å². The number of hydrogen-bond donors (Lipinski definition) is 2. The van der Waals surface area contributed by atoms with E-state index in [1.807, 2.05) is 0 Å². The van der Waals surface area contributed by atoms with E-state index in [9.17, 15) is 22.8 Å². The minimum Gasteiger partial charge on any atom is -0.352 e. The second-order valence-corrected chi connectivity index (χ2v) is 6.32. The molecule has 0 radical (unpaired) electrons. The van der Waals surface area contributed by atoms with E-state index in [2.05, 4.69) is 10.6 Å². The van der Waals surface area contributed by atoms with Crippen molar-refractivity contribution in [2.45, 2.75) is 45.2 Å². The Balaban J connectivity index is 2.18. The van der Waals surface area contributed by atoms with Crippen LogP contribution in [0.2, 0.25) is 0 Å². The van der Waals surface area contributed by atoms with Crippen LogP contribution >= 0.6 is 11.3 Å². The number of carbonyl (C=O) groups is 2. The molecule has 0 unspecified atom stereocenters. The highest BCUT2D eigenvalue weighted by atomic mass is 32.1. The first-order valence-corrected chi connectivity index (χ1v) is 7.86. The molecular formula is C14H17F3N2O2S. The number of hydrogen-bond acceptors (Lipinski definition) is 3. The Labute approximate surface area is 130 Å². The molecule has 0 bridgehead atoms. The van der Waals surface area contributed by atoms with Crippen LogP contribution in [0.25, 0.3) is 0 Å². The zero-order chi connectivity index (χ0) is 16.3. The minimum absolute atomic E-state index is 0.303. The molecule has 0 aliphatic heterocycles. The van der Waals surface area contributed by atoms with Crippen molar-refractivity contribution in [3.63, 3.8) is 0 Å². The Kier molecular flexibility index (Phi) is 5.10. The lowest BCUT2D eigenvalue weighted by Crippen LogP contribution is -2.29. The topological polar surface area (TPSA) is 58.2 Å². The summed E-state index contributed by atoms with van der Waals surface area (Å²) in [5.41, 5.74) is 1.20. The third kappa shape index (κ3) is 4.22. The van der Waals surface area contributed by atoms with Crippen LogP contribution in [0.5, 0.6) is 0 Å². The van der Waals surface area contributed by atoms with Gasteiger partial charge in [-0.3, -0.25) is 9.59 Å². The van der Waals surface area contributed by atoms with Gasteiger partial charge in [-0.25, -0.2) is 0 Å². The first-order chi connectivity index (χ1) is 10.3. The van der Waals surface area contributed by atoms with E-state index in [4.69, 9.17) is 0 Å². The van der Waals surface area contributed by atoms with E-state index >= 15 is 0 Å². The molecule has 0 fully saturated rings. The maximum Gasteiger partial charge on any atom is 0.390 e. The van der Waals surface area contributed by atoms with Crippen LogP contribution in [0.4, 0.5) is 18.2 Å². The van der Waals surface area contributed by atoms with Gasteiger partial charge >= 0.3 is 6.18 Å². The number of amides is 2. The van der Waals surface area contributed by atoms with Gasteiger partial charge in [0.05, 0.1) is 12.0 Å². The lowest BCUT2D eigenvalue weighted by molar-refractivity contribution is -0.133. The van der Waals surface area contributed by atoms with Gasteiger partial charge in [0.2, 0.25) is 5.91 Å². The molecule has 0 saturated carbocycles. The monoisotopic (exact) mass is 334 g/mol. The van der Waals surface area contributed by atoms with E-state index in [0.29, 0.717) is 17.0 Å². The van der Waals surface area contributed by atoms with Crippen LogP contribution in [-0.4, -0.2) is 24.5 Å². The molecule has 2 N–H and O–H groups in total. The molecule has 0 saturated heterocycles. The van der Waals surface area contributed by atoms with Gasteiger partial charge < -0.3 is 10.6 Å².